The molecule has 0 saturated heterocycles. The molecular weight excluding hydrogens is 408 g/mol. The Balaban J connectivity index is 1.93. The molecule has 4 rings (SSSR count). The van der Waals surface area contributed by atoms with Gasteiger partial charge in [0.2, 0.25) is 5.91 Å². The van der Waals surface area contributed by atoms with Crippen LogP contribution in [0.5, 0.6) is 5.75 Å². The number of methoxy groups -OCH3 is 1. The minimum atomic E-state index is -2.64. The van der Waals surface area contributed by atoms with Crippen LogP contribution in [-0.2, 0) is 25.5 Å². The fourth-order valence-electron chi connectivity index (χ4n) is 3.67. The molecule has 0 spiro atoms. The average Bonchev–Trinajstić information content (AvgIpc) is 3.20. The van der Waals surface area contributed by atoms with Crippen LogP contribution in [0, 0.1) is 6.92 Å². The summed E-state index contributed by atoms with van der Waals surface area (Å²) in [5, 5.41) is 2.75. The largest absolute Gasteiger partial charge is 0.494 e. The monoisotopic (exact) mass is 426 g/mol. The summed E-state index contributed by atoms with van der Waals surface area (Å²) in [6.45, 7) is 4.71. The Bertz CT molecular complexity index is 1380. The van der Waals surface area contributed by atoms with Crippen LogP contribution in [0.25, 0.3) is 22.4 Å². The van der Waals surface area contributed by atoms with E-state index in [1.165, 1.54) is 14.0 Å². The van der Waals surface area contributed by atoms with Crippen LogP contribution in [0.3, 0.4) is 0 Å². The van der Waals surface area contributed by atoms with Gasteiger partial charge in [-0.25, -0.2) is 4.98 Å². The smallest absolute Gasteiger partial charge is 0.316 e. The molecule has 2 aromatic carbocycles. The first kappa shape index (κ1) is 19.8. The van der Waals surface area contributed by atoms with E-state index in [0.29, 0.717) is 39.2 Å². The van der Waals surface area contributed by atoms with E-state index in [4.69, 9.17) is 4.74 Å². The van der Waals surface area contributed by atoms with Gasteiger partial charge in [-0.3, -0.25) is 9.59 Å². The van der Waals surface area contributed by atoms with Gasteiger partial charge in [-0.05, 0) is 44.5 Å². The van der Waals surface area contributed by atoms with Crippen molar-refractivity contribution >= 4 is 44.6 Å². The highest BCUT2D eigenvalue weighted by Crippen LogP contribution is 2.43. The molecule has 1 aliphatic rings. The summed E-state index contributed by atoms with van der Waals surface area (Å²) in [6.07, 6.45) is 0. The molecule has 0 bridgehead atoms. The zero-order chi connectivity index (χ0) is 21.8. The quantitative estimate of drug-likeness (QED) is 0.617. The number of fused-ring (bicyclic) bond motifs is 2. The lowest BCUT2D eigenvalue weighted by atomic mass is 9.80. The third-order valence-electron chi connectivity index (χ3n) is 5.52. The third kappa shape index (κ3) is 2.79. The van der Waals surface area contributed by atoms with E-state index < -0.39 is 15.9 Å². The fraction of sp³-hybridized carbons (Fsp3) is 0.250. The van der Waals surface area contributed by atoms with Crippen molar-refractivity contribution in [2.75, 3.05) is 12.4 Å². The number of amides is 1. The number of imidazole rings is 1. The zero-order valence-corrected chi connectivity index (χ0v) is 17.5. The standard InChI is InChI=1S/C20H18N4O5S/c1-9-5-6-11(17(29-4)16(9)24-30(27)28)18-21-14-7-12-13(8-15(14)22-18)23-19(26)20(12,3)10(2)25/h5-8H,1-4H3,(H,21,22)(H,23,26). The van der Waals surface area contributed by atoms with Crippen molar-refractivity contribution < 1.29 is 22.7 Å². The molecule has 1 amide bonds. The van der Waals surface area contributed by atoms with Gasteiger partial charge < -0.3 is 15.0 Å². The Kier molecular flexibility index (Phi) is 4.46. The molecule has 0 fully saturated rings. The maximum absolute atomic E-state index is 12.4. The summed E-state index contributed by atoms with van der Waals surface area (Å²) >= 11 is 0. The number of Topliss-reactive ketones (excluding diaryl/α,β-unsaturated/α-hetero) is 1. The second-order valence-corrected chi connectivity index (χ2v) is 7.87. The molecule has 0 aliphatic carbocycles. The predicted octanol–water partition coefficient (Wildman–Crippen LogP) is 3.04. The number of benzene rings is 2. The highest BCUT2D eigenvalue weighted by Gasteiger charge is 2.47. The Morgan fingerprint density at radius 1 is 1.27 bits per heavy atom. The predicted molar refractivity (Wildman–Crippen MR) is 110 cm³/mol. The second kappa shape index (κ2) is 6.77. The van der Waals surface area contributed by atoms with E-state index in [1.54, 1.807) is 38.1 Å². The third-order valence-corrected chi connectivity index (χ3v) is 5.86. The Hall–Kier alpha value is -3.53. The van der Waals surface area contributed by atoms with Gasteiger partial charge in [-0.2, -0.15) is 8.42 Å². The van der Waals surface area contributed by atoms with Crippen LogP contribution in [-0.4, -0.2) is 37.2 Å². The van der Waals surface area contributed by atoms with E-state index in [9.17, 15) is 18.0 Å². The topological polar surface area (TPSA) is 131 Å². The van der Waals surface area contributed by atoms with Gasteiger partial charge in [0.1, 0.15) is 22.7 Å². The Labute approximate surface area is 173 Å². The van der Waals surface area contributed by atoms with Crippen molar-refractivity contribution in [3.63, 3.8) is 0 Å². The van der Waals surface area contributed by atoms with Gasteiger partial charge >= 0.3 is 10.5 Å². The molecule has 9 nitrogen and oxygen atoms in total. The van der Waals surface area contributed by atoms with E-state index in [-0.39, 0.29) is 23.1 Å². The van der Waals surface area contributed by atoms with Gasteiger partial charge in [0.25, 0.3) is 0 Å². The average molecular weight is 426 g/mol. The molecule has 154 valence electrons. The maximum atomic E-state index is 12.4. The second-order valence-electron chi connectivity index (χ2n) is 7.26. The Morgan fingerprint density at radius 2 is 2.00 bits per heavy atom. The molecule has 1 aliphatic heterocycles. The number of aromatic amines is 1. The van der Waals surface area contributed by atoms with Crippen LogP contribution in [0.2, 0.25) is 0 Å². The number of nitrogens with one attached hydrogen (secondary N) is 2. The number of carbonyl (C=O) groups is 2. The SMILES string of the molecule is COc1c(-c2nc3cc4c(cc3[nH]2)C(C)(C(C)=O)C(=O)N4)ccc(C)c1N=S(=O)=O. The first-order valence-electron chi connectivity index (χ1n) is 9.02. The number of carbonyl (C=O) groups excluding carboxylic acids is 2. The molecular formula is C20H18N4O5S. The number of aryl methyl sites for hydroxylation is 1. The lowest BCUT2D eigenvalue weighted by molar-refractivity contribution is -0.130. The molecule has 10 heteroatoms. The van der Waals surface area contributed by atoms with Crippen molar-refractivity contribution in [2.45, 2.75) is 26.2 Å². The van der Waals surface area contributed by atoms with Crippen molar-refractivity contribution in [3.8, 4) is 17.1 Å². The number of H-pyrrole nitrogens is 1. The summed E-state index contributed by atoms with van der Waals surface area (Å²) in [5.74, 6) is 0.0899. The molecule has 0 saturated carbocycles. The van der Waals surface area contributed by atoms with E-state index in [0.717, 1.165) is 0 Å². The lowest BCUT2D eigenvalue weighted by Crippen LogP contribution is -2.37. The molecule has 1 unspecified atom stereocenters. The highest BCUT2D eigenvalue weighted by atomic mass is 32.2. The number of aromatic nitrogens is 2. The number of ether oxygens (including phenoxy) is 1. The summed E-state index contributed by atoms with van der Waals surface area (Å²) in [4.78, 5) is 32.3. The summed E-state index contributed by atoms with van der Waals surface area (Å²) in [5.41, 5.74) is 2.42. The van der Waals surface area contributed by atoms with Gasteiger partial charge in [0.05, 0.1) is 23.7 Å². The van der Waals surface area contributed by atoms with E-state index in [2.05, 4.69) is 19.6 Å². The zero-order valence-electron chi connectivity index (χ0n) is 16.7. The van der Waals surface area contributed by atoms with Gasteiger partial charge in [0, 0.05) is 11.3 Å². The minimum absolute atomic E-state index is 0.197. The molecule has 0 radical (unpaired) electrons. The van der Waals surface area contributed by atoms with Crippen LogP contribution >= 0.6 is 0 Å². The fourth-order valence-corrected chi connectivity index (χ4v) is 4.05. The molecule has 1 atom stereocenters. The first-order valence-corrected chi connectivity index (χ1v) is 10.1. The van der Waals surface area contributed by atoms with Crippen molar-refractivity contribution in [1.29, 1.82) is 0 Å². The molecule has 1 aromatic heterocycles. The van der Waals surface area contributed by atoms with Crippen molar-refractivity contribution in [3.05, 3.63) is 35.4 Å². The van der Waals surface area contributed by atoms with Crippen LogP contribution < -0.4 is 10.1 Å². The number of nitrogens with zero attached hydrogens (tertiary/aromatic N) is 2. The van der Waals surface area contributed by atoms with E-state index in [1.807, 2.05) is 0 Å². The lowest BCUT2D eigenvalue weighted by Gasteiger charge is -2.17. The minimum Gasteiger partial charge on any atom is -0.494 e. The number of rotatable bonds is 4. The molecule has 30 heavy (non-hydrogen) atoms. The summed E-state index contributed by atoms with van der Waals surface area (Å²) in [7, 11) is -1.22. The van der Waals surface area contributed by atoms with Gasteiger partial charge in [0.15, 0.2) is 5.75 Å². The molecule has 2 heterocycles. The number of ketones is 1. The van der Waals surface area contributed by atoms with Crippen LogP contribution in [0.15, 0.2) is 28.6 Å². The number of anilines is 1. The molecule has 3 aromatic rings. The highest BCUT2D eigenvalue weighted by molar-refractivity contribution is 7.61. The van der Waals surface area contributed by atoms with Crippen LogP contribution in [0.1, 0.15) is 25.0 Å². The van der Waals surface area contributed by atoms with Crippen LogP contribution in [0.4, 0.5) is 11.4 Å². The normalized spacial score (nSPS) is 17.5. The van der Waals surface area contributed by atoms with Crippen molar-refractivity contribution in [1.82, 2.24) is 9.97 Å². The Morgan fingerprint density at radius 3 is 2.63 bits per heavy atom. The maximum Gasteiger partial charge on any atom is 0.316 e. The van der Waals surface area contributed by atoms with E-state index >= 15 is 0 Å². The van der Waals surface area contributed by atoms with Gasteiger partial charge in [-0.1, -0.05) is 6.07 Å². The van der Waals surface area contributed by atoms with Gasteiger partial charge in [-0.15, -0.1) is 4.36 Å². The van der Waals surface area contributed by atoms with Crippen molar-refractivity contribution in [2.24, 2.45) is 4.36 Å². The molecule has 2 N–H and O–H groups in total. The first-order chi connectivity index (χ1) is 14.2. The number of hydrogen-bond acceptors (Lipinski definition) is 7. The summed E-state index contributed by atoms with van der Waals surface area (Å²) in [6, 6.07) is 6.92. The summed E-state index contributed by atoms with van der Waals surface area (Å²) < 4.78 is 31.3. The number of hydrogen-bond donors (Lipinski definition) is 2.